The van der Waals surface area contributed by atoms with Gasteiger partial charge in [-0.25, -0.2) is 4.98 Å². The van der Waals surface area contributed by atoms with E-state index >= 15 is 0 Å². The molecule has 1 saturated heterocycles. The molecule has 0 saturated carbocycles. The molecule has 0 aliphatic carbocycles. The summed E-state index contributed by atoms with van der Waals surface area (Å²) in [6, 6.07) is 4.19. The number of hydrogen-bond donors (Lipinski definition) is 1. The molecule has 1 N–H and O–H groups in total. The number of anilines is 1. The Morgan fingerprint density at radius 2 is 2.20 bits per heavy atom. The van der Waals surface area contributed by atoms with Crippen molar-refractivity contribution >= 4 is 5.82 Å². The molecule has 1 aromatic rings. The Balaban J connectivity index is 1.95. The second kappa shape index (κ2) is 8.22. The van der Waals surface area contributed by atoms with E-state index in [0.29, 0.717) is 0 Å². The van der Waals surface area contributed by atoms with Gasteiger partial charge in [-0.05, 0) is 37.8 Å². The minimum atomic E-state index is 0.729. The van der Waals surface area contributed by atoms with E-state index in [1.54, 1.807) is 0 Å². The molecule has 0 bridgehead atoms. The Hall–Kier alpha value is -1.13. The summed E-state index contributed by atoms with van der Waals surface area (Å²) >= 11 is 0. The minimum Gasteiger partial charge on any atom is -0.381 e. The Bertz CT molecular complexity index is 391. The van der Waals surface area contributed by atoms with Gasteiger partial charge in [-0.15, -0.1) is 0 Å². The zero-order valence-corrected chi connectivity index (χ0v) is 12.8. The SMILES string of the molecule is CCCNCc1cccnc1N(C)CC1CCOCC1. The number of nitrogens with one attached hydrogen (secondary N) is 1. The van der Waals surface area contributed by atoms with E-state index in [-0.39, 0.29) is 0 Å². The molecule has 0 unspecified atom stereocenters. The van der Waals surface area contributed by atoms with Crippen molar-refractivity contribution in [2.24, 2.45) is 5.92 Å². The van der Waals surface area contributed by atoms with Crippen LogP contribution in [0.5, 0.6) is 0 Å². The quantitative estimate of drug-likeness (QED) is 0.777. The van der Waals surface area contributed by atoms with Crippen molar-refractivity contribution in [3.63, 3.8) is 0 Å². The molecule has 1 aliphatic rings. The van der Waals surface area contributed by atoms with E-state index in [1.165, 1.54) is 18.4 Å². The summed E-state index contributed by atoms with van der Waals surface area (Å²) in [6.45, 7) is 7.03. The molecular formula is C16H27N3O. The van der Waals surface area contributed by atoms with Crippen LogP contribution in [-0.2, 0) is 11.3 Å². The van der Waals surface area contributed by atoms with Crippen LogP contribution in [-0.4, -0.2) is 38.3 Å². The van der Waals surface area contributed by atoms with Gasteiger partial charge in [-0.3, -0.25) is 0 Å². The van der Waals surface area contributed by atoms with Crippen LogP contribution in [0.4, 0.5) is 5.82 Å². The first-order valence-corrected chi connectivity index (χ1v) is 7.74. The molecule has 1 aromatic heterocycles. The van der Waals surface area contributed by atoms with Gasteiger partial charge in [0.25, 0.3) is 0 Å². The van der Waals surface area contributed by atoms with Gasteiger partial charge in [-0.2, -0.15) is 0 Å². The monoisotopic (exact) mass is 277 g/mol. The molecule has 0 spiro atoms. The van der Waals surface area contributed by atoms with Crippen molar-refractivity contribution in [2.45, 2.75) is 32.7 Å². The third-order valence-corrected chi connectivity index (χ3v) is 3.84. The molecule has 0 aromatic carbocycles. The lowest BCUT2D eigenvalue weighted by atomic mass is 10.00. The molecule has 0 radical (unpaired) electrons. The van der Waals surface area contributed by atoms with Gasteiger partial charge >= 0.3 is 0 Å². The Morgan fingerprint density at radius 1 is 1.40 bits per heavy atom. The fraction of sp³-hybridized carbons (Fsp3) is 0.688. The lowest BCUT2D eigenvalue weighted by molar-refractivity contribution is 0.0685. The zero-order valence-electron chi connectivity index (χ0n) is 12.8. The first kappa shape index (κ1) is 15.3. The maximum atomic E-state index is 5.43. The zero-order chi connectivity index (χ0) is 14.2. The molecule has 112 valence electrons. The molecule has 4 heteroatoms. The van der Waals surface area contributed by atoms with Crippen molar-refractivity contribution in [3.05, 3.63) is 23.9 Å². The maximum Gasteiger partial charge on any atom is 0.132 e. The van der Waals surface area contributed by atoms with Crippen LogP contribution in [0.2, 0.25) is 0 Å². The summed E-state index contributed by atoms with van der Waals surface area (Å²) < 4.78 is 5.43. The highest BCUT2D eigenvalue weighted by Gasteiger charge is 2.17. The van der Waals surface area contributed by atoms with Crippen LogP contribution < -0.4 is 10.2 Å². The molecule has 2 heterocycles. The standard InChI is InChI=1S/C16H27N3O/c1-3-8-17-12-15-5-4-9-18-16(15)19(2)13-14-6-10-20-11-7-14/h4-5,9,14,17H,3,6-8,10-13H2,1-2H3. The number of aromatic nitrogens is 1. The summed E-state index contributed by atoms with van der Waals surface area (Å²) in [6.07, 6.45) is 5.38. The predicted octanol–water partition coefficient (Wildman–Crippen LogP) is 2.44. The average molecular weight is 277 g/mol. The molecule has 1 fully saturated rings. The van der Waals surface area contributed by atoms with Gasteiger partial charge in [0, 0.05) is 45.1 Å². The molecule has 0 amide bonds. The van der Waals surface area contributed by atoms with Crippen LogP contribution >= 0.6 is 0 Å². The number of rotatable bonds is 7. The van der Waals surface area contributed by atoms with Gasteiger partial charge in [0.15, 0.2) is 0 Å². The molecule has 0 atom stereocenters. The van der Waals surface area contributed by atoms with Crippen LogP contribution in [0.15, 0.2) is 18.3 Å². The Kier molecular flexibility index (Phi) is 6.27. The van der Waals surface area contributed by atoms with Crippen molar-refractivity contribution < 1.29 is 4.74 Å². The van der Waals surface area contributed by atoms with Gasteiger partial charge in [-0.1, -0.05) is 13.0 Å². The lowest BCUT2D eigenvalue weighted by Gasteiger charge is -2.29. The largest absolute Gasteiger partial charge is 0.381 e. The number of ether oxygens (including phenoxy) is 1. The highest BCUT2D eigenvalue weighted by Crippen LogP contribution is 2.21. The minimum absolute atomic E-state index is 0.729. The topological polar surface area (TPSA) is 37.4 Å². The highest BCUT2D eigenvalue weighted by atomic mass is 16.5. The van der Waals surface area contributed by atoms with Crippen molar-refractivity contribution in [3.8, 4) is 0 Å². The molecule has 4 nitrogen and oxygen atoms in total. The Morgan fingerprint density at radius 3 is 2.95 bits per heavy atom. The average Bonchev–Trinajstić information content (AvgIpc) is 2.49. The van der Waals surface area contributed by atoms with E-state index in [4.69, 9.17) is 4.74 Å². The first-order chi connectivity index (χ1) is 9.81. The van der Waals surface area contributed by atoms with Crippen LogP contribution in [0.25, 0.3) is 0 Å². The summed E-state index contributed by atoms with van der Waals surface area (Å²) in [5.41, 5.74) is 1.29. The van der Waals surface area contributed by atoms with Gasteiger partial charge in [0.2, 0.25) is 0 Å². The van der Waals surface area contributed by atoms with E-state index in [1.807, 2.05) is 12.3 Å². The van der Waals surface area contributed by atoms with Crippen LogP contribution in [0, 0.1) is 5.92 Å². The summed E-state index contributed by atoms with van der Waals surface area (Å²) in [5.74, 6) is 1.84. The van der Waals surface area contributed by atoms with Crippen molar-refractivity contribution in [1.82, 2.24) is 10.3 Å². The lowest BCUT2D eigenvalue weighted by Crippen LogP contribution is -2.31. The third-order valence-electron chi connectivity index (χ3n) is 3.84. The van der Waals surface area contributed by atoms with Gasteiger partial charge in [0.1, 0.15) is 5.82 Å². The van der Waals surface area contributed by atoms with E-state index < -0.39 is 0 Å². The highest BCUT2D eigenvalue weighted by molar-refractivity contribution is 5.45. The predicted molar refractivity (Wildman–Crippen MR) is 83.0 cm³/mol. The molecule has 2 rings (SSSR count). The van der Waals surface area contributed by atoms with Crippen LogP contribution in [0.3, 0.4) is 0 Å². The van der Waals surface area contributed by atoms with Gasteiger partial charge < -0.3 is 15.0 Å². The first-order valence-electron chi connectivity index (χ1n) is 7.74. The van der Waals surface area contributed by atoms with E-state index in [0.717, 1.165) is 51.0 Å². The molecular weight excluding hydrogens is 250 g/mol. The second-order valence-electron chi connectivity index (χ2n) is 5.60. The third kappa shape index (κ3) is 4.46. The van der Waals surface area contributed by atoms with E-state index in [9.17, 15) is 0 Å². The second-order valence-corrected chi connectivity index (χ2v) is 5.60. The molecule has 20 heavy (non-hydrogen) atoms. The maximum absolute atomic E-state index is 5.43. The summed E-state index contributed by atoms with van der Waals surface area (Å²) in [4.78, 5) is 6.88. The number of nitrogens with zero attached hydrogens (tertiary/aromatic N) is 2. The summed E-state index contributed by atoms with van der Waals surface area (Å²) in [5, 5.41) is 3.46. The Labute approximate surface area is 122 Å². The fourth-order valence-electron chi connectivity index (χ4n) is 2.71. The van der Waals surface area contributed by atoms with Gasteiger partial charge in [0.05, 0.1) is 0 Å². The van der Waals surface area contributed by atoms with Crippen molar-refractivity contribution in [1.29, 1.82) is 0 Å². The van der Waals surface area contributed by atoms with Crippen molar-refractivity contribution in [2.75, 3.05) is 38.3 Å². The fourth-order valence-corrected chi connectivity index (χ4v) is 2.71. The smallest absolute Gasteiger partial charge is 0.132 e. The number of pyridine rings is 1. The summed E-state index contributed by atoms with van der Waals surface area (Å²) in [7, 11) is 2.15. The normalized spacial score (nSPS) is 16.3. The van der Waals surface area contributed by atoms with Crippen LogP contribution in [0.1, 0.15) is 31.7 Å². The molecule has 1 aliphatic heterocycles. The number of hydrogen-bond acceptors (Lipinski definition) is 4. The van der Waals surface area contributed by atoms with E-state index in [2.05, 4.69) is 35.2 Å².